The van der Waals surface area contributed by atoms with Crippen LogP contribution in [0.4, 0.5) is 0 Å². The summed E-state index contributed by atoms with van der Waals surface area (Å²) in [6.07, 6.45) is 6.02. The third-order valence-electron chi connectivity index (χ3n) is 4.95. The lowest BCUT2D eigenvalue weighted by atomic mass is 9.96. The van der Waals surface area contributed by atoms with E-state index >= 15 is 0 Å². The number of hydrogen-bond acceptors (Lipinski definition) is 4. The first kappa shape index (κ1) is 14.0. The second-order valence-corrected chi connectivity index (χ2v) is 6.36. The third-order valence-corrected chi connectivity index (χ3v) is 4.95. The molecule has 3 atom stereocenters. The third kappa shape index (κ3) is 2.61. The molecule has 20 heavy (non-hydrogen) atoms. The molecule has 3 fully saturated rings. The van der Waals surface area contributed by atoms with E-state index in [1.807, 2.05) is 6.92 Å². The van der Waals surface area contributed by atoms with Gasteiger partial charge in [0.2, 0.25) is 11.8 Å². The van der Waals surface area contributed by atoms with Crippen LogP contribution in [-0.2, 0) is 9.59 Å². The molecule has 5 heteroatoms. The van der Waals surface area contributed by atoms with E-state index < -0.39 is 0 Å². The summed E-state index contributed by atoms with van der Waals surface area (Å²) in [4.78, 5) is 28.1. The van der Waals surface area contributed by atoms with Crippen molar-refractivity contribution in [3.63, 3.8) is 0 Å². The number of carbonyl (C=O) groups excluding carboxylic acids is 2. The van der Waals surface area contributed by atoms with E-state index in [0.29, 0.717) is 25.0 Å². The number of nitrogens with one attached hydrogen (secondary N) is 1. The highest BCUT2D eigenvalue weighted by Gasteiger charge is 2.40. The molecular weight excluding hydrogens is 254 g/mol. The van der Waals surface area contributed by atoms with Crippen LogP contribution in [0, 0.1) is 0 Å². The monoisotopic (exact) mass is 279 g/mol. The number of likely N-dealkylation sites (tertiary alicyclic amines) is 1. The second-order valence-electron chi connectivity index (χ2n) is 6.36. The molecule has 3 heterocycles. The Hall–Kier alpha value is -0.940. The number of fused-ring (bicyclic) bond motifs is 1. The molecule has 0 aromatic heterocycles. The first-order chi connectivity index (χ1) is 9.69. The van der Waals surface area contributed by atoms with Gasteiger partial charge in [0.05, 0.1) is 12.5 Å². The van der Waals surface area contributed by atoms with Gasteiger partial charge in [0, 0.05) is 18.6 Å². The summed E-state index contributed by atoms with van der Waals surface area (Å²) >= 11 is 0. The minimum atomic E-state index is -0.271. The summed E-state index contributed by atoms with van der Waals surface area (Å²) in [5.41, 5.74) is 0. The summed E-state index contributed by atoms with van der Waals surface area (Å²) in [7, 11) is 0. The normalized spacial score (nSPS) is 34.9. The van der Waals surface area contributed by atoms with Gasteiger partial charge < -0.3 is 10.2 Å². The van der Waals surface area contributed by atoms with Crippen LogP contribution in [0.15, 0.2) is 0 Å². The van der Waals surface area contributed by atoms with E-state index in [9.17, 15) is 9.59 Å². The zero-order valence-electron chi connectivity index (χ0n) is 12.3. The SMILES string of the molecule is CCCN1C(=O)CC(NC2CCN3CCCC3C2)C1=O. The Kier molecular flexibility index (Phi) is 4.08. The Balaban J connectivity index is 1.56. The smallest absolute Gasteiger partial charge is 0.246 e. The van der Waals surface area contributed by atoms with Gasteiger partial charge in [-0.2, -0.15) is 0 Å². The lowest BCUT2D eigenvalue weighted by Gasteiger charge is -2.36. The molecule has 0 bridgehead atoms. The fraction of sp³-hybridized carbons (Fsp3) is 0.867. The van der Waals surface area contributed by atoms with E-state index in [4.69, 9.17) is 0 Å². The number of carbonyl (C=O) groups is 2. The van der Waals surface area contributed by atoms with Crippen LogP contribution < -0.4 is 5.32 Å². The first-order valence-corrected chi connectivity index (χ1v) is 8.03. The number of piperidine rings is 1. The van der Waals surface area contributed by atoms with E-state index in [0.717, 1.165) is 25.8 Å². The molecule has 3 saturated heterocycles. The topological polar surface area (TPSA) is 52.7 Å². The van der Waals surface area contributed by atoms with Crippen LogP contribution >= 0.6 is 0 Å². The Bertz CT molecular complexity index is 399. The summed E-state index contributed by atoms with van der Waals surface area (Å²) in [6.45, 7) is 4.94. The summed E-state index contributed by atoms with van der Waals surface area (Å²) in [5, 5.41) is 3.46. The van der Waals surface area contributed by atoms with Gasteiger partial charge in [0.25, 0.3) is 0 Å². The van der Waals surface area contributed by atoms with Crippen molar-refractivity contribution >= 4 is 11.8 Å². The van der Waals surface area contributed by atoms with Crippen LogP contribution in [0.5, 0.6) is 0 Å². The first-order valence-electron chi connectivity index (χ1n) is 8.03. The number of nitrogens with zero attached hydrogens (tertiary/aromatic N) is 2. The predicted octanol–water partition coefficient (Wildman–Crippen LogP) is 0.740. The fourth-order valence-corrected chi connectivity index (χ4v) is 3.93. The highest BCUT2D eigenvalue weighted by Crippen LogP contribution is 2.27. The van der Waals surface area contributed by atoms with E-state index in [2.05, 4.69) is 10.2 Å². The van der Waals surface area contributed by atoms with E-state index in [1.54, 1.807) is 0 Å². The van der Waals surface area contributed by atoms with Gasteiger partial charge in [-0.05, 0) is 45.2 Å². The quantitative estimate of drug-likeness (QED) is 0.771. The van der Waals surface area contributed by atoms with Crippen molar-refractivity contribution < 1.29 is 9.59 Å². The van der Waals surface area contributed by atoms with Crippen molar-refractivity contribution in [1.82, 2.24) is 15.1 Å². The molecule has 3 rings (SSSR count). The zero-order chi connectivity index (χ0) is 14.1. The number of imide groups is 1. The van der Waals surface area contributed by atoms with Gasteiger partial charge in [0.1, 0.15) is 0 Å². The van der Waals surface area contributed by atoms with E-state index in [-0.39, 0.29) is 17.9 Å². The van der Waals surface area contributed by atoms with Crippen molar-refractivity contribution in [2.24, 2.45) is 0 Å². The number of amides is 2. The molecule has 3 unspecified atom stereocenters. The maximum absolute atomic E-state index is 12.2. The van der Waals surface area contributed by atoms with Crippen LogP contribution in [0.25, 0.3) is 0 Å². The number of rotatable bonds is 4. The van der Waals surface area contributed by atoms with Crippen molar-refractivity contribution in [1.29, 1.82) is 0 Å². The summed E-state index contributed by atoms with van der Waals surface area (Å²) < 4.78 is 0. The highest BCUT2D eigenvalue weighted by molar-refractivity contribution is 6.05. The summed E-state index contributed by atoms with van der Waals surface area (Å²) in [5.74, 6) is -0.0154. The molecule has 5 nitrogen and oxygen atoms in total. The zero-order valence-corrected chi connectivity index (χ0v) is 12.3. The van der Waals surface area contributed by atoms with Gasteiger partial charge in [-0.25, -0.2) is 0 Å². The fourth-order valence-electron chi connectivity index (χ4n) is 3.93. The van der Waals surface area contributed by atoms with Crippen LogP contribution in [0.1, 0.15) is 45.4 Å². The van der Waals surface area contributed by atoms with Gasteiger partial charge in [-0.15, -0.1) is 0 Å². The average molecular weight is 279 g/mol. The molecule has 0 spiro atoms. The molecule has 0 aromatic carbocycles. The Morgan fingerprint density at radius 3 is 2.90 bits per heavy atom. The lowest BCUT2D eigenvalue weighted by molar-refractivity contribution is -0.138. The Morgan fingerprint density at radius 1 is 1.25 bits per heavy atom. The Morgan fingerprint density at radius 2 is 2.10 bits per heavy atom. The maximum atomic E-state index is 12.2. The molecule has 3 aliphatic rings. The van der Waals surface area contributed by atoms with Crippen molar-refractivity contribution in [3.05, 3.63) is 0 Å². The van der Waals surface area contributed by atoms with Gasteiger partial charge in [-0.1, -0.05) is 6.92 Å². The standard InChI is InChI=1S/C15H25N3O2/c1-2-6-18-14(19)10-13(15(18)20)16-11-5-8-17-7-3-4-12(17)9-11/h11-13,16H,2-10H2,1H3. The maximum Gasteiger partial charge on any atom is 0.246 e. The molecule has 1 N–H and O–H groups in total. The van der Waals surface area contributed by atoms with E-state index in [1.165, 1.54) is 24.3 Å². The molecular formula is C15H25N3O2. The average Bonchev–Trinajstić information content (AvgIpc) is 2.99. The summed E-state index contributed by atoms with van der Waals surface area (Å²) in [6, 6.07) is 0.824. The molecule has 3 aliphatic heterocycles. The van der Waals surface area contributed by atoms with Crippen molar-refractivity contribution in [3.8, 4) is 0 Å². The van der Waals surface area contributed by atoms with Gasteiger partial charge in [0.15, 0.2) is 0 Å². The van der Waals surface area contributed by atoms with Crippen LogP contribution in [0.3, 0.4) is 0 Å². The van der Waals surface area contributed by atoms with Crippen LogP contribution in [-0.4, -0.2) is 59.4 Å². The molecule has 0 saturated carbocycles. The minimum Gasteiger partial charge on any atom is -0.303 e. The van der Waals surface area contributed by atoms with Crippen molar-refractivity contribution in [2.75, 3.05) is 19.6 Å². The van der Waals surface area contributed by atoms with Crippen LogP contribution in [0.2, 0.25) is 0 Å². The van der Waals surface area contributed by atoms with Crippen molar-refractivity contribution in [2.45, 2.75) is 63.6 Å². The van der Waals surface area contributed by atoms with Gasteiger partial charge >= 0.3 is 0 Å². The predicted molar refractivity (Wildman–Crippen MR) is 76.2 cm³/mol. The van der Waals surface area contributed by atoms with Gasteiger partial charge in [-0.3, -0.25) is 14.5 Å². The molecule has 0 radical (unpaired) electrons. The highest BCUT2D eigenvalue weighted by atomic mass is 16.2. The number of hydrogen-bond donors (Lipinski definition) is 1. The minimum absolute atomic E-state index is 0.00680. The molecule has 0 aliphatic carbocycles. The largest absolute Gasteiger partial charge is 0.303 e. The second kappa shape index (κ2) is 5.82. The molecule has 2 amide bonds. The Labute approximate surface area is 120 Å². The molecule has 0 aromatic rings. The lowest BCUT2D eigenvalue weighted by Crippen LogP contribution is -2.50. The molecule has 112 valence electrons.